The SMILES string of the molecule is CC(C)CCOC(=O)CCCCCCCCCC(C(C)C)C(C(=O)OCCC(C)C)C(C)C. The Balaban J connectivity index is 4.11. The number of hydrogen-bond donors (Lipinski definition) is 0. The van der Waals surface area contributed by atoms with E-state index in [4.69, 9.17) is 9.47 Å². The van der Waals surface area contributed by atoms with Crippen molar-refractivity contribution in [1.29, 1.82) is 0 Å². The van der Waals surface area contributed by atoms with Gasteiger partial charge in [0.2, 0.25) is 0 Å². The Kier molecular flexibility index (Phi) is 18.6. The van der Waals surface area contributed by atoms with Crippen molar-refractivity contribution in [1.82, 2.24) is 0 Å². The minimum atomic E-state index is -0.0437. The summed E-state index contributed by atoms with van der Waals surface area (Å²) >= 11 is 0. The van der Waals surface area contributed by atoms with Crippen LogP contribution >= 0.6 is 0 Å². The van der Waals surface area contributed by atoms with Crippen molar-refractivity contribution >= 4 is 11.9 Å². The van der Waals surface area contributed by atoms with Gasteiger partial charge in [0.1, 0.15) is 0 Å². The number of esters is 2. The van der Waals surface area contributed by atoms with E-state index in [2.05, 4.69) is 55.4 Å². The van der Waals surface area contributed by atoms with Gasteiger partial charge in [0, 0.05) is 6.42 Å². The number of rotatable bonds is 20. The Morgan fingerprint density at radius 1 is 0.576 bits per heavy atom. The van der Waals surface area contributed by atoms with Crippen LogP contribution in [0.2, 0.25) is 0 Å². The number of carbonyl (C=O) groups excluding carboxylic acids is 2. The first-order valence-electron chi connectivity index (χ1n) is 13.9. The fourth-order valence-corrected chi connectivity index (χ4v) is 4.37. The zero-order valence-electron chi connectivity index (χ0n) is 23.3. The van der Waals surface area contributed by atoms with Gasteiger partial charge in [0.25, 0.3) is 0 Å². The molecule has 0 saturated heterocycles. The van der Waals surface area contributed by atoms with Crippen LogP contribution in [0.3, 0.4) is 0 Å². The molecule has 0 aliphatic rings. The predicted octanol–water partition coefficient (Wildman–Crippen LogP) is 8.22. The number of unbranched alkanes of at least 4 members (excludes halogenated alkanes) is 6. The Hall–Kier alpha value is -1.06. The van der Waals surface area contributed by atoms with Crippen LogP contribution in [0.1, 0.15) is 126 Å². The molecule has 0 aliphatic carbocycles. The van der Waals surface area contributed by atoms with E-state index in [9.17, 15) is 9.59 Å². The molecule has 0 amide bonds. The van der Waals surface area contributed by atoms with Crippen molar-refractivity contribution in [3.8, 4) is 0 Å². The molecule has 2 unspecified atom stereocenters. The fourth-order valence-electron chi connectivity index (χ4n) is 4.37. The van der Waals surface area contributed by atoms with Crippen molar-refractivity contribution in [2.75, 3.05) is 13.2 Å². The van der Waals surface area contributed by atoms with Crippen molar-refractivity contribution in [3.05, 3.63) is 0 Å². The summed E-state index contributed by atoms with van der Waals surface area (Å²) in [5, 5.41) is 0. The number of ether oxygens (including phenoxy) is 2. The second-order valence-corrected chi connectivity index (χ2v) is 11.4. The molecule has 33 heavy (non-hydrogen) atoms. The normalized spacial score (nSPS) is 13.7. The molecule has 4 nitrogen and oxygen atoms in total. The molecule has 0 heterocycles. The van der Waals surface area contributed by atoms with E-state index in [0.29, 0.717) is 49.2 Å². The van der Waals surface area contributed by atoms with E-state index in [0.717, 1.165) is 32.1 Å². The molecule has 0 bridgehead atoms. The van der Waals surface area contributed by atoms with Gasteiger partial charge in [-0.3, -0.25) is 9.59 Å². The van der Waals surface area contributed by atoms with E-state index >= 15 is 0 Å². The standard InChI is InChI=1S/C29H56O4/c1-22(2)18-20-32-27(30)17-15-13-11-9-10-12-14-16-26(24(5)6)28(25(7)8)29(31)33-21-19-23(3)4/h22-26,28H,9-21H2,1-8H3. The molecule has 0 rings (SSSR count). The first-order chi connectivity index (χ1) is 15.6. The van der Waals surface area contributed by atoms with Gasteiger partial charge in [-0.25, -0.2) is 0 Å². The Morgan fingerprint density at radius 3 is 1.55 bits per heavy atom. The molecule has 0 saturated carbocycles. The zero-order chi connectivity index (χ0) is 25.2. The third-order valence-electron chi connectivity index (χ3n) is 6.62. The third kappa shape index (κ3) is 17.1. The van der Waals surface area contributed by atoms with Crippen LogP contribution in [0.5, 0.6) is 0 Å². The van der Waals surface area contributed by atoms with Gasteiger partial charge in [-0.2, -0.15) is 0 Å². The van der Waals surface area contributed by atoms with E-state index in [1.54, 1.807) is 0 Å². The van der Waals surface area contributed by atoms with Crippen molar-refractivity contribution < 1.29 is 19.1 Å². The Bertz CT molecular complexity index is 496. The summed E-state index contributed by atoms with van der Waals surface area (Å²) in [4.78, 5) is 24.5. The lowest BCUT2D eigenvalue weighted by atomic mass is 9.74. The summed E-state index contributed by atoms with van der Waals surface area (Å²) in [5.74, 6) is 2.27. The Labute approximate surface area is 206 Å². The largest absolute Gasteiger partial charge is 0.466 e. The van der Waals surface area contributed by atoms with Gasteiger partial charge in [0.05, 0.1) is 19.1 Å². The minimum absolute atomic E-state index is 0.00236. The summed E-state index contributed by atoms with van der Waals surface area (Å²) in [6, 6.07) is 0. The molecule has 196 valence electrons. The smallest absolute Gasteiger partial charge is 0.309 e. The lowest BCUT2D eigenvalue weighted by Gasteiger charge is -2.31. The van der Waals surface area contributed by atoms with E-state index < -0.39 is 0 Å². The monoisotopic (exact) mass is 468 g/mol. The van der Waals surface area contributed by atoms with Gasteiger partial charge in [-0.05, 0) is 55.3 Å². The molecular weight excluding hydrogens is 412 g/mol. The summed E-state index contributed by atoms with van der Waals surface area (Å²) in [6.07, 6.45) is 11.6. The van der Waals surface area contributed by atoms with E-state index in [1.165, 1.54) is 32.1 Å². The number of carbonyl (C=O) groups is 2. The maximum Gasteiger partial charge on any atom is 0.309 e. The third-order valence-corrected chi connectivity index (χ3v) is 6.62. The first kappa shape index (κ1) is 31.9. The van der Waals surface area contributed by atoms with Crippen LogP contribution in [-0.4, -0.2) is 25.2 Å². The van der Waals surface area contributed by atoms with E-state index in [1.807, 2.05) is 0 Å². The van der Waals surface area contributed by atoms with Crippen LogP contribution in [0.25, 0.3) is 0 Å². The predicted molar refractivity (Wildman–Crippen MR) is 139 cm³/mol. The topological polar surface area (TPSA) is 52.6 Å². The highest BCUT2D eigenvalue weighted by Gasteiger charge is 2.33. The van der Waals surface area contributed by atoms with Gasteiger partial charge in [-0.15, -0.1) is 0 Å². The minimum Gasteiger partial charge on any atom is -0.466 e. The summed E-state index contributed by atoms with van der Waals surface area (Å²) in [7, 11) is 0. The van der Waals surface area contributed by atoms with E-state index in [-0.39, 0.29) is 17.9 Å². The van der Waals surface area contributed by atoms with Crippen molar-refractivity contribution in [2.24, 2.45) is 35.5 Å². The average molecular weight is 469 g/mol. The molecule has 0 aromatic carbocycles. The molecule has 4 heteroatoms. The van der Waals surface area contributed by atoms with Gasteiger partial charge >= 0.3 is 11.9 Å². The average Bonchev–Trinajstić information content (AvgIpc) is 2.70. The van der Waals surface area contributed by atoms with Crippen LogP contribution in [0.4, 0.5) is 0 Å². The lowest BCUT2D eigenvalue weighted by molar-refractivity contribution is -0.154. The second-order valence-electron chi connectivity index (χ2n) is 11.4. The summed E-state index contributed by atoms with van der Waals surface area (Å²) in [5.41, 5.74) is 0. The maximum atomic E-state index is 12.8. The zero-order valence-corrected chi connectivity index (χ0v) is 23.3. The highest BCUT2D eigenvalue weighted by Crippen LogP contribution is 2.33. The fraction of sp³-hybridized carbons (Fsp3) is 0.931. The summed E-state index contributed by atoms with van der Waals surface area (Å²) < 4.78 is 10.9. The maximum absolute atomic E-state index is 12.8. The molecule has 0 radical (unpaired) electrons. The molecule has 0 fully saturated rings. The van der Waals surface area contributed by atoms with Gasteiger partial charge in [-0.1, -0.05) is 93.9 Å². The van der Waals surface area contributed by atoms with Gasteiger partial charge < -0.3 is 9.47 Å². The lowest BCUT2D eigenvalue weighted by Crippen LogP contribution is -2.33. The van der Waals surface area contributed by atoms with Crippen LogP contribution in [0, 0.1) is 35.5 Å². The molecule has 0 aromatic rings. The van der Waals surface area contributed by atoms with Crippen LogP contribution in [0.15, 0.2) is 0 Å². The van der Waals surface area contributed by atoms with Crippen molar-refractivity contribution in [2.45, 2.75) is 126 Å². The Morgan fingerprint density at radius 2 is 1.06 bits per heavy atom. The van der Waals surface area contributed by atoms with Crippen LogP contribution in [-0.2, 0) is 19.1 Å². The molecule has 0 spiro atoms. The van der Waals surface area contributed by atoms with Crippen LogP contribution < -0.4 is 0 Å². The van der Waals surface area contributed by atoms with Crippen molar-refractivity contribution in [3.63, 3.8) is 0 Å². The first-order valence-corrected chi connectivity index (χ1v) is 13.9. The number of hydrogen-bond acceptors (Lipinski definition) is 4. The molecular formula is C29H56O4. The second kappa shape index (κ2) is 19.3. The summed E-state index contributed by atoms with van der Waals surface area (Å²) in [6.45, 7) is 18.5. The molecule has 0 aromatic heterocycles. The quantitative estimate of drug-likeness (QED) is 0.133. The van der Waals surface area contributed by atoms with Gasteiger partial charge in [0.15, 0.2) is 0 Å². The molecule has 2 atom stereocenters. The highest BCUT2D eigenvalue weighted by atomic mass is 16.5. The highest BCUT2D eigenvalue weighted by molar-refractivity contribution is 5.73. The molecule has 0 N–H and O–H groups in total. The molecule has 0 aliphatic heterocycles.